The number of aryl methyl sites for hydroxylation is 2. The molecule has 1 aliphatic rings. The zero-order chi connectivity index (χ0) is 18.2. The molecule has 4 nitrogen and oxygen atoms in total. The number of β-amino-alcohol motifs (C(OH)–C–C–N with tert-alkyl or cyclic N) is 1. The van der Waals surface area contributed by atoms with E-state index in [1.165, 1.54) is 12.1 Å². The van der Waals surface area contributed by atoms with Gasteiger partial charge in [-0.2, -0.15) is 18.3 Å². The second-order valence-corrected chi connectivity index (χ2v) is 6.59. The molecule has 1 aromatic carbocycles. The zero-order valence-corrected chi connectivity index (χ0v) is 14.3. The summed E-state index contributed by atoms with van der Waals surface area (Å²) in [5.74, 6) is 0. The predicted molar refractivity (Wildman–Crippen MR) is 87.8 cm³/mol. The molecule has 25 heavy (non-hydrogen) atoms. The Morgan fingerprint density at radius 3 is 2.76 bits per heavy atom. The van der Waals surface area contributed by atoms with Gasteiger partial charge in [0.05, 0.1) is 17.4 Å². The highest BCUT2D eigenvalue weighted by Crippen LogP contribution is 2.37. The topological polar surface area (TPSA) is 41.3 Å². The first-order chi connectivity index (χ1) is 11.8. The van der Waals surface area contributed by atoms with Crippen molar-refractivity contribution in [1.29, 1.82) is 0 Å². The number of hydrogen-bond acceptors (Lipinski definition) is 3. The standard InChI is InChI=1S/C18H22F3N3O/c1-3-16-13(9-23(2)22-16)10-24-11-15(25)8-17(24)12-5-4-6-14(7-12)18(19,20)21/h4-7,9,15,17,25H,3,8,10-11H2,1-2H3/t15-,17+/m1/s1. The van der Waals surface area contributed by atoms with Crippen molar-refractivity contribution in [1.82, 2.24) is 14.7 Å². The Hall–Kier alpha value is -1.86. The normalized spacial score (nSPS) is 21.8. The van der Waals surface area contributed by atoms with Gasteiger partial charge in [0.2, 0.25) is 0 Å². The van der Waals surface area contributed by atoms with E-state index in [0.717, 1.165) is 23.7 Å². The van der Waals surface area contributed by atoms with E-state index in [9.17, 15) is 18.3 Å². The number of aliphatic hydroxyl groups excluding tert-OH is 1. The van der Waals surface area contributed by atoms with Gasteiger partial charge in [-0.05, 0) is 30.5 Å². The first kappa shape index (κ1) is 17.9. The van der Waals surface area contributed by atoms with Crippen molar-refractivity contribution in [2.75, 3.05) is 6.54 Å². The van der Waals surface area contributed by atoms with Gasteiger partial charge >= 0.3 is 6.18 Å². The zero-order valence-electron chi connectivity index (χ0n) is 14.3. The van der Waals surface area contributed by atoms with E-state index in [-0.39, 0.29) is 6.04 Å². The maximum absolute atomic E-state index is 13.0. The molecule has 0 radical (unpaired) electrons. The number of rotatable bonds is 4. The van der Waals surface area contributed by atoms with E-state index in [4.69, 9.17) is 0 Å². The number of alkyl halides is 3. The van der Waals surface area contributed by atoms with E-state index in [1.807, 2.05) is 25.1 Å². The molecule has 0 aliphatic carbocycles. The SMILES string of the molecule is CCc1nn(C)cc1CN1C[C@H](O)C[C@H]1c1cccc(C(F)(F)F)c1. The Kier molecular flexibility index (Phi) is 4.88. The van der Waals surface area contributed by atoms with E-state index in [1.54, 1.807) is 10.7 Å². The molecule has 1 N–H and O–H groups in total. The Morgan fingerprint density at radius 1 is 1.32 bits per heavy atom. The fourth-order valence-corrected chi connectivity index (χ4v) is 3.56. The fraction of sp³-hybridized carbons (Fsp3) is 0.500. The van der Waals surface area contributed by atoms with Crippen LogP contribution in [0.3, 0.4) is 0 Å². The van der Waals surface area contributed by atoms with Gasteiger partial charge in [-0.25, -0.2) is 0 Å². The van der Waals surface area contributed by atoms with Crippen LogP contribution in [0.5, 0.6) is 0 Å². The minimum absolute atomic E-state index is 0.234. The summed E-state index contributed by atoms with van der Waals surface area (Å²) < 4.78 is 40.8. The van der Waals surface area contributed by atoms with Crippen molar-refractivity contribution in [3.8, 4) is 0 Å². The van der Waals surface area contributed by atoms with Gasteiger partial charge in [0.15, 0.2) is 0 Å². The van der Waals surface area contributed by atoms with Crippen LogP contribution in [0.1, 0.15) is 41.8 Å². The molecule has 2 aromatic rings. The Labute approximate surface area is 144 Å². The van der Waals surface area contributed by atoms with Gasteiger partial charge in [-0.1, -0.05) is 19.1 Å². The van der Waals surface area contributed by atoms with Crippen LogP contribution >= 0.6 is 0 Å². The molecule has 0 bridgehead atoms. The van der Waals surface area contributed by atoms with Crippen LogP contribution in [-0.2, 0) is 26.2 Å². The molecule has 1 saturated heterocycles. The van der Waals surface area contributed by atoms with Gasteiger partial charge in [0.1, 0.15) is 0 Å². The van der Waals surface area contributed by atoms with Crippen LogP contribution in [0.15, 0.2) is 30.5 Å². The highest BCUT2D eigenvalue weighted by molar-refractivity contribution is 5.29. The maximum Gasteiger partial charge on any atom is 0.416 e. The number of aliphatic hydroxyl groups is 1. The summed E-state index contributed by atoms with van der Waals surface area (Å²) in [5.41, 5.74) is 1.97. The summed E-state index contributed by atoms with van der Waals surface area (Å²) >= 11 is 0. The first-order valence-corrected chi connectivity index (χ1v) is 8.38. The van der Waals surface area contributed by atoms with Crippen molar-refractivity contribution in [3.05, 3.63) is 52.8 Å². The second kappa shape index (κ2) is 6.80. The van der Waals surface area contributed by atoms with Crippen molar-refractivity contribution in [2.45, 2.75) is 44.6 Å². The number of aromatic nitrogens is 2. The Morgan fingerprint density at radius 2 is 2.08 bits per heavy atom. The average molecular weight is 353 g/mol. The third kappa shape index (κ3) is 3.88. The molecule has 2 atom stereocenters. The molecule has 2 heterocycles. The van der Waals surface area contributed by atoms with Crippen molar-refractivity contribution >= 4 is 0 Å². The smallest absolute Gasteiger partial charge is 0.392 e. The van der Waals surface area contributed by atoms with Crippen LogP contribution < -0.4 is 0 Å². The van der Waals surface area contributed by atoms with E-state index >= 15 is 0 Å². The molecule has 7 heteroatoms. The van der Waals surface area contributed by atoms with Crippen LogP contribution in [0.2, 0.25) is 0 Å². The summed E-state index contributed by atoms with van der Waals surface area (Å²) in [5, 5.41) is 14.5. The number of likely N-dealkylation sites (tertiary alicyclic amines) is 1. The second-order valence-electron chi connectivity index (χ2n) is 6.59. The van der Waals surface area contributed by atoms with Crippen molar-refractivity contribution < 1.29 is 18.3 Å². The molecule has 3 rings (SSSR count). The molecular formula is C18H22F3N3O. The largest absolute Gasteiger partial charge is 0.416 e. The van der Waals surface area contributed by atoms with E-state index in [0.29, 0.717) is 25.1 Å². The lowest BCUT2D eigenvalue weighted by atomic mass is 10.0. The fourth-order valence-electron chi connectivity index (χ4n) is 3.56. The Bertz CT molecular complexity index is 741. The quantitative estimate of drug-likeness (QED) is 0.917. The average Bonchev–Trinajstić information content (AvgIpc) is 3.09. The molecule has 0 spiro atoms. The summed E-state index contributed by atoms with van der Waals surface area (Å²) in [6.45, 7) is 3.03. The maximum atomic E-state index is 13.0. The minimum atomic E-state index is -4.36. The van der Waals surface area contributed by atoms with E-state index < -0.39 is 17.8 Å². The van der Waals surface area contributed by atoms with Gasteiger partial charge in [-0.15, -0.1) is 0 Å². The van der Waals surface area contributed by atoms with Crippen LogP contribution in [0, 0.1) is 0 Å². The number of hydrogen-bond donors (Lipinski definition) is 1. The molecule has 1 aliphatic heterocycles. The summed E-state index contributed by atoms with van der Waals surface area (Å²) in [4.78, 5) is 2.04. The molecule has 0 amide bonds. The first-order valence-electron chi connectivity index (χ1n) is 8.38. The summed E-state index contributed by atoms with van der Waals surface area (Å²) in [7, 11) is 1.85. The van der Waals surface area contributed by atoms with Gasteiger partial charge in [0, 0.05) is 37.9 Å². The van der Waals surface area contributed by atoms with Gasteiger partial charge in [-0.3, -0.25) is 9.58 Å². The number of halogens is 3. The molecular weight excluding hydrogens is 331 g/mol. The van der Waals surface area contributed by atoms with Crippen LogP contribution in [-0.4, -0.2) is 32.4 Å². The lowest BCUT2D eigenvalue weighted by molar-refractivity contribution is -0.137. The lowest BCUT2D eigenvalue weighted by Gasteiger charge is -2.25. The van der Waals surface area contributed by atoms with Crippen molar-refractivity contribution in [2.24, 2.45) is 7.05 Å². The summed E-state index contributed by atoms with van der Waals surface area (Å²) in [6.07, 6.45) is -1.74. The highest BCUT2D eigenvalue weighted by Gasteiger charge is 2.35. The third-order valence-electron chi connectivity index (χ3n) is 4.68. The molecule has 0 saturated carbocycles. The third-order valence-corrected chi connectivity index (χ3v) is 4.68. The lowest BCUT2D eigenvalue weighted by Crippen LogP contribution is -2.25. The highest BCUT2D eigenvalue weighted by atomic mass is 19.4. The summed E-state index contributed by atoms with van der Waals surface area (Å²) in [6, 6.07) is 5.18. The molecule has 0 unspecified atom stereocenters. The van der Waals surface area contributed by atoms with E-state index in [2.05, 4.69) is 5.10 Å². The Balaban J connectivity index is 1.87. The van der Waals surface area contributed by atoms with Gasteiger partial charge in [0.25, 0.3) is 0 Å². The number of nitrogens with zero attached hydrogens (tertiary/aromatic N) is 3. The molecule has 136 valence electrons. The number of benzene rings is 1. The minimum Gasteiger partial charge on any atom is -0.392 e. The monoisotopic (exact) mass is 353 g/mol. The van der Waals surface area contributed by atoms with Gasteiger partial charge < -0.3 is 5.11 Å². The van der Waals surface area contributed by atoms with Crippen molar-refractivity contribution in [3.63, 3.8) is 0 Å². The van der Waals surface area contributed by atoms with Crippen LogP contribution in [0.25, 0.3) is 0 Å². The molecule has 1 aromatic heterocycles. The van der Waals surface area contributed by atoms with Crippen LogP contribution in [0.4, 0.5) is 13.2 Å². The predicted octanol–water partition coefficient (Wildman–Crippen LogP) is 3.31. The molecule has 1 fully saturated rings.